The van der Waals surface area contributed by atoms with E-state index in [0.717, 1.165) is 21.6 Å². The molecule has 0 aromatic heterocycles. The summed E-state index contributed by atoms with van der Waals surface area (Å²) in [4.78, 5) is 124. The van der Waals surface area contributed by atoms with E-state index in [2.05, 4.69) is 42.5 Å². The Hall–Kier alpha value is -7.46. The van der Waals surface area contributed by atoms with Gasteiger partial charge in [-0.25, -0.2) is 0 Å². The molecular formula is C55H70ClN11O13S2. The molecule has 0 aliphatic carbocycles. The van der Waals surface area contributed by atoms with Gasteiger partial charge in [-0.3, -0.25) is 48.5 Å². The van der Waals surface area contributed by atoms with Gasteiger partial charge in [0.1, 0.15) is 54.0 Å². The van der Waals surface area contributed by atoms with Crippen molar-refractivity contribution >= 4 is 86.4 Å². The average molecular weight is 1190 g/mol. The molecule has 4 aromatic rings. The number of aliphatic hydroxyl groups excluding tert-OH is 2. The van der Waals surface area contributed by atoms with Crippen LogP contribution in [0.4, 0.5) is 0 Å². The third-order valence-corrected chi connectivity index (χ3v) is 15.7. The quantitative estimate of drug-likeness (QED) is 0.0276. The lowest BCUT2D eigenvalue weighted by Gasteiger charge is -2.30. The summed E-state index contributed by atoms with van der Waals surface area (Å²) in [5.41, 5.74) is 19.9. The summed E-state index contributed by atoms with van der Waals surface area (Å²) in [5, 5.41) is 64.2. The second kappa shape index (κ2) is 32.3. The number of nitrogens with one attached hydrogen (secondary N) is 8. The van der Waals surface area contributed by atoms with Gasteiger partial charge in [-0.1, -0.05) is 81.7 Å². The highest BCUT2D eigenvalue weighted by atomic mass is 35.5. The fraction of sp³-hybridized carbons (Fsp3) is 0.400. The average Bonchev–Trinajstić information content (AvgIpc) is 3.54. The Kier molecular flexibility index (Phi) is 25.7. The fourth-order valence-corrected chi connectivity index (χ4v) is 10.8. The maximum atomic E-state index is 14.8. The molecule has 1 fully saturated rings. The van der Waals surface area contributed by atoms with Gasteiger partial charge in [0, 0.05) is 60.9 Å². The normalized spacial score (nSPS) is 21.1. The van der Waals surface area contributed by atoms with Crippen LogP contribution in [0.5, 0.6) is 11.5 Å². The number of hydrogen-bond acceptors (Lipinski definition) is 17. The molecule has 1 saturated heterocycles. The standard InChI is InChI=1S/C55H70ClN11O13S2/c1-29(68)46-55(80)66-45(53(78)62-41(48(59)73)24-33-10-18-37(70)19-11-33)28-82-81-27-44(65-49(74)39(57)23-31-8-16-36(56)17-9-31)54(79)64-43(26-34-12-20-38(71)21-13-34)52(77)63-42(25-32-6-14-35(15-7-32)47(58)72)51(76)61-40(50(75)67-46)5-3-4-22-60-30(2)69/h6-21,29,39-46,49,65,68,70-71,74H,3-5,22-28,57H2,1-2H3,(H2,58,72)(H2,59,73)(H,60,69)(H,61,76)(H,62,78)(H,63,77)(H,64,79)(H,66,80)(H,67,75)/t29-,39+,40+,41?,42-,43+,44-,45+,46+,49?/m1/s1. The highest BCUT2D eigenvalue weighted by Crippen LogP contribution is 2.25. The number of unbranched alkanes of at least 4 members (excludes halogenated alkanes) is 1. The third-order valence-electron chi connectivity index (χ3n) is 13.0. The minimum absolute atomic E-state index is 0.0568. The Morgan fingerprint density at radius 1 is 0.646 bits per heavy atom. The van der Waals surface area contributed by atoms with Crippen LogP contribution in [0.1, 0.15) is 65.7 Å². The summed E-state index contributed by atoms with van der Waals surface area (Å²) >= 11 is 6.09. The van der Waals surface area contributed by atoms with Crippen LogP contribution < -0.4 is 59.7 Å². The zero-order valence-corrected chi connectivity index (χ0v) is 47.4. The molecule has 18 N–H and O–H groups in total. The number of rotatable bonds is 21. The molecule has 1 aliphatic heterocycles. The van der Waals surface area contributed by atoms with Gasteiger partial charge in [0.05, 0.1) is 12.1 Å². The number of hydrogen-bond donors (Lipinski definition) is 15. The van der Waals surface area contributed by atoms with Gasteiger partial charge in [0.15, 0.2) is 0 Å². The molecule has 5 rings (SSSR count). The lowest BCUT2D eigenvalue weighted by Crippen LogP contribution is -2.62. The molecule has 4 aromatic carbocycles. The van der Waals surface area contributed by atoms with Crippen LogP contribution in [0.15, 0.2) is 97.1 Å². The Morgan fingerprint density at radius 2 is 1.15 bits per heavy atom. The van der Waals surface area contributed by atoms with Crippen LogP contribution in [-0.2, 0) is 64.0 Å². The third kappa shape index (κ3) is 21.5. The molecule has 10 atom stereocenters. The molecule has 24 nitrogen and oxygen atoms in total. The smallest absolute Gasteiger partial charge is 0.248 e. The summed E-state index contributed by atoms with van der Waals surface area (Å²) in [7, 11) is 1.95. The van der Waals surface area contributed by atoms with E-state index in [1.165, 1.54) is 86.6 Å². The highest BCUT2D eigenvalue weighted by molar-refractivity contribution is 8.76. The largest absolute Gasteiger partial charge is 0.508 e. The van der Waals surface area contributed by atoms with Crippen molar-refractivity contribution in [2.45, 2.75) is 119 Å². The van der Waals surface area contributed by atoms with Crippen LogP contribution in [-0.4, -0.2) is 152 Å². The van der Waals surface area contributed by atoms with E-state index in [1.807, 2.05) is 0 Å². The van der Waals surface area contributed by atoms with Crippen molar-refractivity contribution < 1.29 is 63.6 Å². The van der Waals surface area contributed by atoms with Crippen LogP contribution >= 0.6 is 33.2 Å². The van der Waals surface area contributed by atoms with Gasteiger partial charge >= 0.3 is 0 Å². The monoisotopic (exact) mass is 1190 g/mol. The number of phenols is 2. The minimum Gasteiger partial charge on any atom is -0.508 e. The topological polar surface area (TPSA) is 409 Å². The fourth-order valence-electron chi connectivity index (χ4n) is 8.38. The zero-order chi connectivity index (χ0) is 60.0. The first-order valence-electron chi connectivity index (χ1n) is 26.1. The Morgan fingerprint density at radius 3 is 1.70 bits per heavy atom. The van der Waals surface area contributed by atoms with E-state index < -0.39 is 108 Å². The lowest BCUT2D eigenvalue weighted by atomic mass is 10.00. The van der Waals surface area contributed by atoms with Gasteiger partial charge in [-0.2, -0.15) is 0 Å². The number of carbonyl (C=O) groups excluding carboxylic acids is 9. The second-order valence-corrected chi connectivity index (χ2v) is 22.6. The van der Waals surface area contributed by atoms with Crippen molar-refractivity contribution in [1.29, 1.82) is 0 Å². The summed E-state index contributed by atoms with van der Waals surface area (Å²) < 4.78 is 0. The van der Waals surface area contributed by atoms with Crippen LogP contribution in [0.25, 0.3) is 0 Å². The number of carbonyl (C=O) groups is 9. The molecule has 0 saturated carbocycles. The Bertz CT molecular complexity index is 2840. The summed E-state index contributed by atoms with van der Waals surface area (Å²) in [6, 6.07) is 12.4. The predicted octanol–water partition coefficient (Wildman–Crippen LogP) is -0.799. The summed E-state index contributed by atoms with van der Waals surface area (Å²) in [6.45, 7) is 2.71. The molecule has 0 bridgehead atoms. The van der Waals surface area contributed by atoms with E-state index in [-0.39, 0.29) is 79.5 Å². The molecule has 9 amide bonds. The molecular weight excluding hydrogens is 1120 g/mol. The highest BCUT2D eigenvalue weighted by Gasteiger charge is 2.36. The number of nitrogens with two attached hydrogens (primary N) is 3. The maximum Gasteiger partial charge on any atom is 0.248 e. The van der Waals surface area contributed by atoms with Crippen LogP contribution in [0.2, 0.25) is 5.02 Å². The number of aliphatic hydroxyl groups is 2. The van der Waals surface area contributed by atoms with Gasteiger partial charge < -0.3 is 74.8 Å². The van der Waals surface area contributed by atoms with Gasteiger partial charge in [-0.15, -0.1) is 0 Å². The zero-order valence-electron chi connectivity index (χ0n) is 45.0. The molecule has 1 heterocycles. The number of primary amides is 2. The molecule has 82 heavy (non-hydrogen) atoms. The second-order valence-electron chi connectivity index (χ2n) is 19.6. The molecule has 2 unspecified atom stereocenters. The van der Waals surface area contributed by atoms with Crippen molar-refractivity contribution in [3.05, 3.63) is 130 Å². The van der Waals surface area contributed by atoms with E-state index >= 15 is 0 Å². The van der Waals surface area contributed by atoms with E-state index in [0.29, 0.717) is 33.7 Å². The lowest BCUT2D eigenvalue weighted by molar-refractivity contribution is -0.136. The Balaban J connectivity index is 1.58. The van der Waals surface area contributed by atoms with Gasteiger partial charge in [0.2, 0.25) is 53.2 Å². The first kappa shape index (κ1) is 65.4. The molecule has 0 radical (unpaired) electrons. The van der Waals surface area contributed by atoms with Crippen molar-refractivity contribution in [3.63, 3.8) is 0 Å². The van der Waals surface area contributed by atoms with Gasteiger partial charge in [0.25, 0.3) is 0 Å². The first-order valence-corrected chi connectivity index (χ1v) is 29.0. The predicted molar refractivity (Wildman–Crippen MR) is 308 cm³/mol. The van der Waals surface area contributed by atoms with Crippen LogP contribution in [0.3, 0.4) is 0 Å². The number of halogens is 1. The number of amides is 9. The molecule has 0 spiro atoms. The summed E-state index contributed by atoms with van der Waals surface area (Å²) in [6.07, 6.45) is -3.30. The van der Waals surface area contributed by atoms with E-state index in [1.54, 1.807) is 24.3 Å². The van der Waals surface area contributed by atoms with Crippen LogP contribution in [0, 0.1) is 0 Å². The first-order chi connectivity index (χ1) is 38.9. The van der Waals surface area contributed by atoms with E-state index in [9.17, 15) is 63.6 Å². The van der Waals surface area contributed by atoms with Crippen molar-refractivity contribution in [3.8, 4) is 11.5 Å². The van der Waals surface area contributed by atoms with Gasteiger partial charge in [-0.05, 0) is 103 Å². The number of phenolic OH excluding ortho intramolecular Hbond substituents is 2. The van der Waals surface area contributed by atoms with Crippen molar-refractivity contribution in [2.24, 2.45) is 17.2 Å². The SMILES string of the molecule is CC(=O)NCCCC[C@@H]1NC(=O)[C@@H](Cc2ccc(C(N)=O)cc2)NC(=O)[C@H](Cc2ccc(O)cc2)NC(=O)[C@H](NC(O)[C@@H](N)Cc2ccc(Cl)cc2)CSSC[C@@H](C(=O)NC(Cc2ccc(O)cc2)C(N)=O)NC(=O)[C@H]([C@@H](C)O)NC1=O. The molecule has 1 aliphatic rings. The van der Waals surface area contributed by atoms with Crippen molar-refractivity contribution in [2.75, 3.05) is 18.1 Å². The molecule has 442 valence electrons. The summed E-state index contributed by atoms with van der Waals surface area (Å²) in [5.74, 6) is -8.32. The number of benzene rings is 4. The minimum atomic E-state index is -1.79. The molecule has 27 heteroatoms. The van der Waals surface area contributed by atoms with E-state index in [4.69, 9.17) is 28.8 Å². The Labute approximate surface area is 486 Å². The maximum absolute atomic E-state index is 14.8. The van der Waals surface area contributed by atoms with Crippen molar-refractivity contribution in [1.82, 2.24) is 42.5 Å². The number of aromatic hydroxyl groups is 2.